The fraction of sp³-hybridized carbons (Fsp3) is 0.538. The minimum Gasteiger partial charge on any atom is -0.381 e. The second-order valence-electron chi connectivity index (χ2n) is 4.45. The van der Waals surface area contributed by atoms with Gasteiger partial charge in [-0.3, -0.25) is 0 Å². The summed E-state index contributed by atoms with van der Waals surface area (Å²) in [5, 5.41) is 4.59. The molecular formula is C13H17Cl2NO. The van der Waals surface area contributed by atoms with E-state index in [1.165, 1.54) is 0 Å². The van der Waals surface area contributed by atoms with Gasteiger partial charge in [-0.1, -0.05) is 35.3 Å². The number of hydrogen-bond acceptors (Lipinski definition) is 2. The molecule has 2 nitrogen and oxygen atoms in total. The zero-order valence-electron chi connectivity index (χ0n) is 9.88. The van der Waals surface area contributed by atoms with Crippen LogP contribution in [-0.4, -0.2) is 20.3 Å². The van der Waals surface area contributed by atoms with Crippen LogP contribution in [0.4, 0.5) is 0 Å². The Balaban J connectivity index is 2.13. The van der Waals surface area contributed by atoms with Crippen molar-refractivity contribution >= 4 is 23.2 Å². The maximum atomic E-state index is 6.25. The van der Waals surface area contributed by atoms with Gasteiger partial charge in [0.15, 0.2) is 0 Å². The number of hydrogen-bond donors (Lipinski definition) is 1. The number of halogens is 2. The molecular weight excluding hydrogens is 257 g/mol. The molecule has 1 aromatic carbocycles. The van der Waals surface area contributed by atoms with Crippen LogP contribution < -0.4 is 5.32 Å². The minimum absolute atomic E-state index is 0.243. The van der Waals surface area contributed by atoms with Crippen LogP contribution in [0.2, 0.25) is 10.0 Å². The van der Waals surface area contributed by atoms with E-state index in [-0.39, 0.29) is 6.04 Å². The third-order valence-electron chi connectivity index (χ3n) is 3.30. The molecule has 0 aliphatic carbocycles. The summed E-state index contributed by atoms with van der Waals surface area (Å²) < 4.78 is 5.41. The highest BCUT2D eigenvalue weighted by Crippen LogP contribution is 2.34. The molecule has 94 valence electrons. The number of rotatable bonds is 4. The van der Waals surface area contributed by atoms with Gasteiger partial charge in [0.05, 0.1) is 10.0 Å². The van der Waals surface area contributed by atoms with Crippen LogP contribution in [0.15, 0.2) is 18.2 Å². The van der Waals surface area contributed by atoms with Crippen LogP contribution in [0.3, 0.4) is 0 Å². The van der Waals surface area contributed by atoms with E-state index < -0.39 is 0 Å². The Morgan fingerprint density at radius 2 is 2.29 bits per heavy atom. The summed E-state index contributed by atoms with van der Waals surface area (Å²) in [6, 6.07) is 6.04. The standard InChI is InChI=1S/C13H17Cl2NO/c1-16-12(7-9-5-6-17-8-9)10-3-2-4-11(14)13(10)15/h2-4,9,12,16H,5-8H2,1H3. The molecule has 0 radical (unpaired) electrons. The fourth-order valence-corrected chi connectivity index (χ4v) is 2.73. The van der Waals surface area contributed by atoms with Gasteiger partial charge in [0.25, 0.3) is 0 Å². The first-order valence-electron chi connectivity index (χ1n) is 5.91. The van der Waals surface area contributed by atoms with Crippen molar-refractivity contribution in [2.75, 3.05) is 20.3 Å². The van der Waals surface area contributed by atoms with E-state index >= 15 is 0 Å². The average Bonchev–Trinajstić information content (AvgIpc) is 2.83. The van der Waals surface area contributed by atoms with Crippen molar-refractivity contribution in [1.29, 1.82) is 0 Å². The van der Waals surface area contributed by atoms with Crippen LogP contribution in [0.1, 0.15) is 24.4 Å². The maximum absolute atomic E-state index is 6.25. The smallest absolute Gasteiger partial charge is 0.0640 e. The molecule has 17 heavy (non-hydrogen) atoms. The zero-order valence-corrected chi connectivity index (χ0v) is 11.4. The van der Waals surface area contributed by atoms with Crippen molar-refractivity contribution in [3.8, 4) is 0 Å². The summed E-state index contributed by atoms with van der Waals surface area (Å²) in [6.45, 7) is 1.74. The predicted molar refractivity (Wildman–Crippen MR) is 71.8 cm³/mol. The Morgan fingerprint density at radius 1 is 1.47 bits per heavy atom. The van der Waals surface area contributed by atoms with Gasteiger partial charge in [-0.25, -0.2) is 0 Å². The normalized spacial score (nSPS) is 21.7. The van der Waals surface area contributed by atoms with Gasteiger partial charge < -0.3 is 10.1 Å². The second-order valence-corrected chi connectivity index (χ2v) is 5.23. The molecule has 1 aliphatic heterocycles. The van der Waals surface area contributed by atoms with E-state index in [0.717, 1.165) is 31.6 Å². The molecule has 0 aromatic heterocycles. The molecule has 0 saturated carbocycles. The Bertz CT molecular complexity index is 378. The lowest BCUT2D eigenvalue weighted by Crippen LogP contribution is -2.20. The van der Waals surface area contributed by atoms with E-state index in [9.17, 15) is 0 Å². The van der Waals surface area contributed by atoms with E-state index in [2.05, 4.69) is 5.32 Å². The summed E-state index contributed by atoms with van der Waals surface area (Å²) in [6.07, 6.45) is 2.17. The quantitative estimate of drug-likeness (QED) is 0.904. The monoisotopic (exact) mass is 273 g/mol. The van der Waals surface area contributed by atoms with Gasteiger partial charge in [-0.05, 0) is 37.4 Å². The van der Waals surface area contributed by atoms with Crippen LogP contribution in [-0.2, 0) is 4.74 Å². The number of benzene rings is 1. The third-order valence-corrected chi connectivity index (χ3v) is 4.13. The molecule has 4 heteroatoms. The average molecular weight is 274 g/mol. The van der Waals surface area contributed by atoms with E-state index in [0.29, 0.717) is 16.0 Å². The van der Waals surface area contributed by atoms with Crippen LogP contribution in [0, 0.1) is 5.92 Å². The number of nitrogens with one attached hydrogen (secondary N) is 1. The lowest BCUT2D eigenvalue weighted by Gasteiger charge is -2.21. The molecule has 0 spiro atoms. The SMILES string of the molecule is CNC(CC1CCOC1)c1cccc(Cl)c1Cl. The minimum atomic E-state index is 0.243. The molecule has 1 fully saturated rings. The molecule has 1 saturated heterocycles. The lowest BCUT2D eigenvalue weighted by molar-refractivity contribution is 0.181. The van der Waals surface area contributed by atoms with Crippen molar-refractivity contribution in [2.45, 2.75) is 18.9 Å². The molecule has 2 rings (SSSR count). The highest BCUT2D eigenvalue weighted by atomic mass is 35.5. The van der Waals surface area contributed by atoms with Crippen LogP contribution in [0.25, 0.3) is 0 Å². The molecule has 0 bridgehead atoms. The highest BCUT2D eigenvalue weighted by Gasteiger charge is 2.22. The van der Waals surface area contributed by atoms with Gasteiger partial charge >= 0.3 is 0 Å². The van der Waals surface area contributed by atoms with Gasteiger partial charge in [0, 0.05) is 19.3 Å². The van der Waals surface area contributed by atoms with Crippen LogP contribution >= 0.6 is 23.2 Å². The largest absolute Gasteiger partial charge is 0.381 e. The van der Waals surface area contributed by atoms with Gasteiger partial charge in [0.2, 0.25) is 0 Å². The first kappa shape index (κ1) is 13.2. The topological polar surface area (TPSA) is 21.3 Å². The molecule has 1 aromatic rings. The van der Waals surface area contributed by atoms with Gasteiger partial charge in [0.1, 0.15) is 0 Å². The molecule has 0 amide bonds. The molecule has 1 heterocycles. The van der Waals surface area contributed by atoms with Crippen molar-refractivity contribution in [3.05, 3.63) is 33.8 Å². The summed E-state index contributed by atoms with van der Waals surface area (Å²) in [7, 11) is 1.96. The van der Waals surface area contributed by atoms with Crippen molar-refractivity contribution in [3.63, 3.8) is 0 Å². The highest BCUT2D eigenvalue weighted by molar-refractivity contribution is 6.42. The van der Waals surface area contributed by atoms with Gasteiger partial charge in [-0.2, -0.15) is 0 Å². The number of ether oxygens (including phenoxy) is 1. The maximum Gasteiger partial charge on any atom is 0.0640 e. The first-order valence-corrected chi connectivity index (χ1v) is 6.67. The second kappa shape index (κ2) is 6.05. The summed E-state index contributed by atoms with van der Waals surface area (Å²) in [5.74, 6) is 0.613. The Labute approximate surface area is 112 Å². The fourth-order valence-electron chi connectivity index (χ4n) is 2.29. The Hall–Kier alpha value is -0.280. The third kappa shape index (κ3) is 3.14. The first-order chi connectivity index (χ1) is 8.22. The van der Waals surface area contributed by atoms with Gasteiger partial charge in [-0.15, -0.1) is 0 Å². The lowest BCUT2D eigenvalue weighted by atomic mass is 9.94. The van der Waals surface area contributed by atoms with Crippen molar-refractivity contribution in [1.82, 2.24) is 5.32 Å². The summed E-state index contributed by atoms with van der Waals surface area (Å²) in [4.78, 5) is 0. The molecule has 1 aliphatic rings. The zero-order chi connectivity index (χ0) is 12.3. The molecule has 2 atom stereocenters. The van der Waals surface area contributed by atoms with E-state index in [1.54, 1.807) is 0 Å². The Morgan fingerprint density at radius 3 is 2.94 bits per heavy atom. The van der Waals surface area contributed by atoms with E-state index in [4.69, 9.17) is 27.9 Å². The summed E-state index contributed by atoms with van der Waals surface area (Å²) in [5.41, 5.74) is 1.08. The molecule has 1 N–H and O–H groups in total. The van der Waals surface area contributed by atoms with Crippen molar-refractivity contribution < 1.29 is 4.74 Å². The Kier molecular flexibility index (Phi) is 4.69. The van der Waals surface area contributed by atoms with E-state index in [1.807, 2.05) is 25.2 Å². The summed E-state index contributed by atoms with van der Waals surface area (Å²) >= 11 is 12.3. The van der Waals surface area contributed by atoms with Crippen LogP contribution in [0.5, 0.6) is 0 Å². The van der Waals surface area contributed by atoms with Crippen molar-refractivity contribution in [2.24, 2.45) is 5.92 Å². The molecule has 2 unspecified atom stereocenters. The predicted octanol–water partition coefficient (Wildman–Crippen LogP) is 3.68.